The van der Waals surface area contributed by atoms with Crippen LogP contribution in [0.25, 0.3) is 0 Å². The van der Waals surface area contributed by atoms with Gasteiger partial charge in [0.2, 0.25) is 0 Å². The molecule has 0 saturated heterocycles. The topological polar surface area (TPSA) is 49.8 Å². The number of halogens is 1. The first-order valence-corrected chi connectivity index (χ1v) is 4.74. The predicted molar refractivity (Wildman–Crippen MR) is 64.9 cm³/mol. The van der Waals surface area contributed by atoms with Crippen LogP contribution in [0.1, 0.15) is 37.9 Å². The molecular weight excluding hydrogens is 208 g/mol. The van der Waals surface area contributed by atoms with E-state index in [1.54, 1.807) is 0 Å². The molecule has 0 amide bonds. The van der Waals surface area contributed by atoms with Gasteiger partial charge in [0, 0.05) is 6.04 Å². The largest absolute Gasteiger partial charge is 0.324 e. The lowest BCUT2D eigenvalue weighted by molar-refractivity contribution is 0.685. The van der Waals surface area contributed by atoms with Crippen LogP contribution >= 0.6 is 12.4 Å². The zero-order valence-electron chi connectivity index (χ0n) is 9.32. The summed E-state index contributed by atoms with van der Waals surface area (Å²) in [5.41, 5.74) is 7.45. The molecule has 0 aliphatic carbocycles. The van der Waals surface area contributed by atoms with Crippen molar-refractivity contribution in [3.8, 4) is 6.07 Å². The summed E-state index contributed by atoms with van der Waals surface area (Å²) in [7, 11) is 0. The van der Waals surface area contributed by atoms with Crippen molar-refractivity contribution in [2.45, 2.75) is 32.2 Å². The van der Waals surface area contributed by atoms with Gasteiger partial charge in [0.1, 0.15) is 0 Å². The van der Waals surface area contributed by atoms with E-state index in [4.69, 9.17) is 11.0 Å². The zero-order valence-corrected chi connectivity index (χ0v) is 10.1. The number of benzene rings is 1. The molecule has 0 aliphatic heterocycles. The molecule has 1 rings (SSSR count). The first kappa shape index (κ1) is 14.0. The highest BCUT2D eigenvalue weighted by Crippen LogP contribution is 2.23. The quantitative estimate of drug-likeness (QED) is 0.840. The Morgan fingerprint density at radius 3 is 2.07 bits per heavy atom. The van der Waals surface area contributed by atoms with Crippen molar-refractivity contribution in [3.05, 3.63) is 35.4 Å². The van der Waals surface area contributed by atoms with Crippen LogP contribution in [0.5, 0.6) is 0 Å². The number of rotatable bonds is 2. The monoisotopic (exact) mass is 224 g/mol. The normalized spacial score (nSPS) is 12.5. The molecule has 1 aromatic rings. The van der Waals surface area contributed by atoms with Crippen molar-refractivity contribution < 1.29 is 0 Å². The SMILES string of the molecule is C[C@H](N)c1ccc(C(C)(C)C#N)cc1.Cl. The third kappa shape index (κ3) is 3.23. The summed E-state index contributed by atoms with van der Waals surface area (Å²) in [5.74, 6) is 0. The van der Waals surface area contributed by atoms with Crippen LogP contribution in [0, 0.1) is 11.3 Å². The fourth-order valence-electron chi connectivity index (χ4n) is 1.27. The molecule has 0 bridgehead atoms. The second-order valence-electron chi connectivity index (χ2n) is 4.15. The molecule has 82 valence electrons. The molecule has 0 aliphatic rings. The summed E-state index contributed by atoms with van der Waals surface area (Å²) in [6.45, 7) is 5.77. The van der Waals surface area contributed by atoms with Gasteiger partial charge in [-0.05, 0) is 31.9 Å². The molecule has 0 unspecified atom stereocenters. The summed E-state index contributed by atoms with van der Waals surface area (Å²) < 4.78 is 0. The maximum absolute atomic E-state index is 8.95. The van der Waals surface area contributed by atoms with Gasteiger partial charge < -0.3 is 5.73 Å². The lowest BCUT2D eigenvalue weighted by Gasteiger charge is -2.16. The Kier molecular flexibility index (Phi) is 4.80. The van der Waals surface area contributed by atoms with E-state index < -0.39 is 5.41 Å². The second-order valence-corrected chi connectivity index (χ2v) is 4.15. The smallest absolute Gasteiger partial charge is 0.0766 e. The van der Waals surface area contributed by atoms with Crippen molar-refractivity contribution >= 4 is 12.4 Å². The lowest BCUT2D eigenvalue weighted by atomic mass is 9.86. The summed E-state index contributed by atoms with van der Waals surface area (Å²) in [5, 5.41) is 8.95. The molecule has 0 spiro atoms. The Labute approximate surface area is 97.5 Å². The van der Waals surface area contributed by atoms with Crippen LogP contribution in [0.3, 0.4) is 0 Å². The van der Waals surface area contributed by atoms with Crippen LogP contribution < -0.4 is 5.73 Å². The molecule has 0 aromatic heterocycles. The van der Waals surface area contributed by atoms with Gasteiger partial charge in [-0.25, -0.2) is 0 Å². The molecule has 1 atom stereocenters. The van der Waals surface area contributed by atoms with Crippen molar-refractivity contribution in [1.82, 2.24) is 0 Å². The van der Waals surface area contributed by atoms with E-state index in [0.717, 1.165) is 11.1 Å². The Bertz CT molecular complexity index is 347. The highest BCUT2D eigenvalue weighted by molar-refractivity contribution is 5.85. The minimum absolute atomic E-state index is 0. The summed E-state index contributed by atoms with van der Waals surface area (Å²) in [6.07, 6.45) is 0. The standard InChI is InChI=1S/C12H16N2.ClH/c1-9(14)10-4-6-11(7-5-10)12(2,3)8-13;/h4-7,9H,14H2,1-3H3;1H/t9-;/m0./s1. The van der Waals surface area contributed by atoms with Crippen LogP contribution in [-0.2, 0) is 5.41 Å². The third-order valence-corrected chi connectivity index (χ3v) is 2.44. The highest BCUT2D eigenvalue weighted by Gasteiger charge is 2.19. The molecule has 2 N–H and O–H groups in total. The van der Waals surface area contributed by atoms with Crippen LogP contribution in [0.2, 0.25) is 0 Å². The molecule has 3 heteroatoms. The average molecular weight is 225 g/mol. The Balaban J connectivity index is 0.00000196. The Morgan fingerprint density at radius 1 is 1.27 bits per heavy atom. The van der Waals surface area contributed by atoms with Crippen molar-refractivity contribution in [2.75, 3.05) is 0 Å². The summed E-state index contributed by atoms with van der Waals surface area (Å²) in [4.78, 5) is 0. The Morgan fingerprint density at radius 2 is 1.73 bits per heavy atom. The third-order valence-electron chi connectivity index (χ3n) is 2.44. The van der Waals surface area contributed by atoms with Gasteiger partial charge in [0.15, 0.2) is 0 Å². The van der Waals surface area contributed by atoms with E-state index in [2.05, 4.69) is 6.07 Å². The first-order valence-electron chi connectivity index (χ1n) is 4.74. The molecule has 0 heterocycles. The average Bonchev–Trinajstić information content (AvgIpc) is 2.18. The number of hydrogen-bond donors (Lipinski definition) is 1. The van der Waals surface area contributed by atoms with Gasteiger partial charge in [-0.15, -0.1) is 12.4 Å². The fourth-order valence-corrected chi connectivity index (χ4v) is 1.27. The number of nitrogens with zero attached hydrogens (tertiary/aromatic N) is 1. The number of hydrogen-bond acceptors (Lipinski definition) is 2. The van der Waals surface area contributed by atoms with E-state index in [1.807, 2.05) is 45.0 Å². The van der Waals surface area contributed by atoms with Gasteiger partial charge in [-0.1, -0.05) is 24.3 Å². The Hall–Kier alpha value is -1.04. The van der Waals surface area contributed by atoms with Gasteiger partial charge in [0.05, 0.1) is 11.5 Å². The molecule has 1 aromatic carbocycles. The van der Waals surface area contributed by atoms with Crippen molar-refractivity contribution in [3.63, 3.8) is 0 Å². The number of nitriles is 1. The number of nitrogens with two attached hydrogens (primary N) is 1. The van der Waals surface area contributed by atoms with E-state index in [0.29, 0.717) is 0 Å². The lowest BCUT2D eigenvalue weighted by Crippen LogP contribution is -2.14. The molecular formula is C12H17ClN2. The second kappa shape index (κ2) is 5.16. The van der Waals surface area contributed by atoms with Crippen LogP contribution in [0.15, 0.2) is 24.3 Å². The highest BCUT2D eigenvalue weighted by atomic mass is 35.5. The van der Waals surface area contributed by atoms with Gasteiger partial charge in [-0.2, -0.15) is 5.26 Å². The molecule has 0 radical (unpaired) electrons. The van der Waals surface area contributed by atoms with Gasteiger partial charge in [-0.3, -0.25) is 0 Å². The summed E-state index contributed by atoms with van der Waals surface area (Å²) >= 11 is 0. The van der Waals surface area contributed by atoms with E-state index in [1.165, 1.54) is 0 Å². The molecule has 0 fully saturated rings. The zero-order chi connectivity index (χ0) is 10.8. The molecule has 0 saturated carbocycles. The minimum atomic E-state index is -0.420. The fraction of sp³-hybridized carbons (Fsp3) is 0.417. The maximum atomic E-state index is 8.95. The van der Waals surface area contributed by atoms with Crippen LogP contribution in [-0.4, -0.2) is 0 Å². The van der Waals surface area contributed by atoms with E-state index in [-0.39, 0.29) is 18.4 Å². The molecule has 15 heavy (non-hydrogen) atoms. The van der Waals surface area contributed by atoms with Crippen molar-refractivity contribution in [2.24, 2.45) is 5.73 Å². The van der Waals surface area contributed by atoms with Gasteiger partial charge in [0.25, 0.3) is 0 Å². The van der Waals surface area contributed by atoms with Crippen molar-refractivity contribution in [1.29, 1.82) is 5.26 Å². The minimum Gasteiger partial charge on any atom is -0.324 e. The summed E-state index contributed by atoms with van der Waals surface area (Å²) in [6, 6.07) is 10.2. The maximum Gasteiger partial charge on any atom is 0.0766 e. The van der Waals surface area contributed by atoms with E-state index >= 15 is 0 Å². The van der Waals surface area contributed by atoms with E-state index in [9.17, 15) is 0 Å². The van der Waals surface area contributed by atoms with Crippen LogP contribution in [0.4, 0.5) is 0 Å². The molecule has 2 nitrogen and oxygen atoms in total. The van der Waals surface area contributed by atoms with Gasteiger partial charge >= 0.3 is 0 Å². The predicted octanol–water partition coefficient (Wildman–Crippen LogP) is 2.93. The first-order chi connectivity index (χ1) is 6.47.